The third kappa shape index (κ3) is 7.06. The summed E-state index contributed by atoms with van der Waals surface area (Å²) in [4.78, 5) is 11.2. The van der Waals surface area contributed by atoms with E-state index >= 15 is 0 Å². The summed E-state index contributed by atoms with van der Waals surface area (Å²) in [6.45, 7) is 0. The van der Waals surface area contributed by atoms with Gasteiger partial charge in [-0.15, -0.1) is 0 Å². The summed E-state index contributed by atoms with van der Waals surface area (Å²) in [7, 11) is 0. The van der Waals surface area contributed by atoms with Crippen LogP contribution in [0.15, 0.2) is 285 Å². The Balaban J connectivity index is 1.13. The molecule has 0 saturated carbocycles. The van der Waals surface area contributed by atoms with Crippen LogP contribution in [0.4, 0.5) is 0 Å². The zero-order chi connectivity index (χ0) is 46.0. The van der Waals surface area contributed by atoms with Crippen molar-refractivity contribution < 1.29 is 0 Å². The van der Waals surface area contributed by atoms with Crippen molar-refractivity contribution in [3.8, 4) is 28.5 Å². The molecule has 2 aromatic heterocycles. The summed E-state index contributed by atoms with van der Waals surface area (Å²) in [5.74, 6) is 1.43. The molecule has 0 unspecified atom stereocenters. The Morgan fingerprint density at radius 2 is 0.580 bits per heavy atom. The predicted molar refractivity (Wildman–Crippen MR) is 284 cm³/mol. The molecule has 2 heterocycles. The van der Waals surface area contributed by atoms with Gasteiger partial charge in [-0.05, 0) is 68.8 Å². The number of benzene rings is 10. The average molecular weight is 882 g/mol. The van der Waals surface area contributed by atoms with Crippen molar-refractivity contribution in [2.75, 3.05) is 0 Å². The second-order valence-electron chi connectivity index (χ2n) is 17.7. The number of nitrogens with zero attached hydrogens (tertiary/aromatic N) is 3. The molecule has 0 N–H and O–H groups in total. The minimum absolute atomic E-state index is 0.630. The lowest BCUT2D eigenvalue weighted by Gasteiger charge is -2.37. The normalized spacial score (nSPS) is 11.8. The van der Waals surface area contributed by atoms with Crippen LogP contribution in [0.5, 0.6) is 0 Å². The summed E-state index contributed by atoms with van der Waals surface area (Å²) >= 11 is 0. The molecule has 0 spiro atoms. The quantitative estimate of drug-likeness (QED) is 0.121. The lowest BCUT2D eigenvalue weighted by Crippen LogP contribution is -2.31. The van der Waals surface area contributed by atoms with Gasteiger partial charge < -0.3 is 0 Å². The van der Waals surface area contributed by atoms with Crippen molar-refractivity contribution in [3.05, 3.63) is 330 Å². The highest BCUT2D eigenvalue weighted by Gasteiger charge is 2.40. The molecular formula is C66H47N3. The van der Waals surface area contributed by atoms with Gasteiger partial charge in [-0.3, -0.25) is 4.57 Å². The SMILES string of the molecule is c1ccc(C(c2ccccc2)(c2ccccc2)c2cccc(-c3cc(-n4c5ccccc5c5ccccc54)nc(-c4cccc(C(c5ccccc5)(c5ccccc5)c5ccccc5)c4)n3)c2)cc1. The second kappa shape index (κ2) is 17.7. The van der Waals surface area contributed by atoms with Crippen LogP contribution in [0.2, 0.25) is 0 Å². The van der Waals surface area contributed by atoms with Crippen molar-refractivity contribution in [3.63, 3.8) is 0 Å². The number of hydrogen-bond donors (Lipinski definition) is 0. The van der Waals surface area contributed by atoms with E-state index in [1.807, 2.05) is 0 Å². The zero-order valence-electron chi connectivity index (χ0n) is 38.0. The maximum atomic E-state index is 5.60. The van der Waals surface area contributed by atoms with Gasteiger partial charge in [0.1, 0.15) is 5.82 Å². The molecule has 0 aliphatic heterocycles. The van der Waals surface area contributed by atoms with E-state index in [0.717, 1.165) is 44.8 Å². The predicted octanol–water partition coefficient (Wildman–Crippen LogP) is 15.7. The van der Waals surface area contributed by atoms with Crippen molar-refractivity contribution >= 4 is 21.8 Å². The summed E-state index contributed by atoms with van der Waals surface area (Å²) in [5, 5.41) is 2.35. The Labute approximate surface area is 403 Å². The molecule has 69 heavy (non-hydrogen) atoms. The van der Waals surface area contributed by atoms with Crippen LogP contribution in [-0.4, -0.2) is 14.5 Å². The summed E-state index contributed by atoms with van der Waals surface area (Å²) in [6, 6.07) is 103. The standard InChI is InChI=1S/C66H47N3/c1-7-27-50(28-8-1)65(51-29-9-2-10-30-51,52-31-11-3-12-32-52)56-39-23-25-48(45-56)60-47-63(69-61-43-21-19-41-58(61)59-42-20-22-44-62(59)69)68-64(67-60)49-26-24-40-57(46-49)66(53-33-13-4-14-34-53,54-35-15-5-16-36-54)55-37-17-6-18-38-55/h1-47H. The van der Waals surface area contributed by atoms with E-state index in [-0.39, 0.29) is 0 Å². The Hall–Kier alpha value is -8.92. The molecule has 0 saturated heterocycles. The largest absolute Gasteiger partial charge is 0.294 e. The van der Waals surface area contributed by atoms with Crippen LogP contribution >= 0.6 is 0 Å². The number of aromatic nitrogens is 3. The molecule has 0 fully saturated rings. The molecule has 12 rings (SSSR count). The number of fused-ring (bicyclic) bond motifs is 3. The highest BCUT2D eigenvalue weighted by atomic mass is 15.1. The maximum absolute atomic E-state index is 5.60. The Morgan fingerprint density at radius 3 is 0.971 bits per heavy atom. The fraction of sp³-hybridized carbons (Fsp3) is 0.0303. The van der Waals surface area contributed by atoms with E-state index in [0.29, 0.717) is 5.82 Å². The van der Waals surface area contributed by atoms with E-state index in [2.05, 4.69) is 290 Å². The third-order valence-corrected chi connectivity index (χ3v) is 13.9. The van der Waals surface area contributed by atoms with Crippen LogP contribution in [0.3, 0.4) is 0 Å². The molecule has 10 aromatic carbocycles. The molecule has 326 valence electrons. The van der Waals surface area contributed by atoms with Crippen LogP contribution in [0.25, 0.3) is 50.3 Å². The highest BCUT2D eigenvalue weighted by molar-refractivity contribution is 6.09. The summed E-state index contributed by atoms with van der Waals surface area (Å²) in [6.07, 6.45) is 0. The third-order valence-electron chi connectivity index (χ3n) is 13.9. The molecule has 0 aliphatic rings. The summed E-state index contributed by atoms with van der Waals surface area (Å²) < 4.78 is 2.30. The molecule has 0 amide bonds. The van der Waals surface area contributed by atoms with Crippen molar-refractivity contribution in [2.24, 2.45) is 0 Å². The van der Waals surface area contributed by atoms with Gasteiger partial charge in [-0.2, -0.15) is 0 Å². The van der Waals surface area contributed by atoms with E-state index in [4.69, 9.17) is 9.97 Å². The molecule has 0 radical (unpaired) electrons. The Bertz CT molecular complexity index is 3270. The van der Waals surface area contributed by atoms with E-state index in [1.54, 1.807) is 0 Å². The van der Waals surface area contributed by atoms with Gasteiger partial charge in [-0.1, -0.05) is 255 Å². The van der Waals surface area contributed by atoms with Crippen LogP contribution in [0.1, 0.15) is 44.5 Å². The highest BCUT2D eigenvalue weighted by Crippen LogP contribution is 2.48. The molecule has 0 aliphatic carbocycles. The summed E-state index contributed by atoms with van der Waals surface area (Å²) in [5.41, 5.74) is 13.0. The van der Waals surface area contributed by atoms with Gasteiger partial charge in [0.05, 0.1) is 27.6 Å². The lowest BCUT2D eigenvalue weighted by molar-refractivity contribution is 0.745. The van der Waals surface area contributed by atoms with Crippen molar-refractivity contribution in [2.45, 2.75) is 10.8 Å². The van der Waals surface area contributed by atoms with E-state index in [1.165, 1.54) is 44.2 Å². The number of rotatable bonds is 11. The van der Waals surface area contributed by atoms with Crippen LogP contribution < -0.4 is 0 Å². The minimum Gasteiger partial charge on any atom is -0.294 e. The number of para-hydroxylation sites is 2. The van der Waals surface area contributed by atoms with Gasteiger partial charge in [0.2, 0.25) is 0 Å². The molecule has 0 atom stereocenters. The van der Waals surface area contributed by atoms with Gasteiger partial charge in [0.25, 0.3) is 0 Å². The minimum atomic E-state index is -0.642. The molecule has 0 bridgehead atoms. The van der Waals surface area contributed by atoms with Gasteiger partial charge in [0, 0.05) is 28.0 Å². The Kier molecular flexibility index (Phi) is 10.7. The van der Waals surface area contributed by atoms with E-state index < -0.39 is 10.8 Å². The fourth-order valence-corrected chi connectivity index (χ4v) is 10.9. The lowest BCUT2D eigenvalue weighted by atomic mass is 9.65. The maximum Gasteiger partial charge on any atom is 0.162 e. The van der Waals surface area contributed by atoms with Crippen molar-refractivity contribution in [1.29, 1.82) is 0 Å². The first kappa shape index (κ1) is 41.5. The van der Waals surface area contributed by atoms with Gasteiger partial charge in [0.15, 0.2) is 5.82 Å². The fourth-order valence-electron chi connectivity index (χ4n) is 10.9. The van der Waals surface area contributed by atoms with E-state index in [9.17, 15) is 0 Å². The average Bonchev–Trinajstić information content (AvgIpc) is 3.78. The molecule has 3 nitrogen and oxygen atoms in total. The van der Waals surface area contributed by atoms with Crippen molar-refractivity contribution in [1.82, 2.24) is 14.5 Å². The molecule has 12 aromatic rings. The zero-order valence-corrected chi connectivity index (χ0v) is 38.0. The first-order chi connectivity index (χ1) is 34.2. The number of hydrogen-bond acceptors (Lipinski definition) is 2. The van der Waals surface area contributed by atoms with Crippen LogP contribution in [-0.2, 0) is 10.8 Å². The monoisotopic (exact) mass is 881 g/mol. The molecular weight excluding hydrogens is 835 g/mol. The molecule has 3 heteroatoms. The second-order valence-corrected chi connectivity index (χ2v) is 17.7. The Morgan fingerprint density at radius 1 is 0.261 bits per heavy atom. The van der Waals surface area contributed by atoms with Crippen LogP contribution in [0, 0.1) is 0 Å². The first-order valence-corrected chi connectivity index (χ1v) is 23.7. The van der Waals surface area contributed by atoms with Gasteiger partial charge in [-0.25, -0.2) is 9.97 Å². The smallest absolute Gasteiger partial charge is 0.162 e. The topological polar surface area (TPSA) is 30.7 Å². The first-order valence-electron chi connectivity index (χ1n) is 23.7. The van der Waals surface area contributed by atoms with Gasteiger partial charge >= 0.3 is 0 Å².